The number of nitrogens with one attached hydrogen (secondary N) is 1. The molecule has 0 fully saturated rings. The highest BCUT2D eigenvalue weighted by Gasteiger charge is 1.99. The molecule has 0 saturated carbocycles. The zero-order valence-electron chi connectivity index (χ0n) is 8.86. The van der Waals surface area contributed by atoms with Gasteiger partial charge < -0.3 is 10.1 Å². The van der Waals surface area contributed by atoms with E-state index in [0.29, 0.717) is 5.92 Å². The van der Waals surface area contributed by atoms with Crippen LogP contribution in [0.15, 0.2) is 24.5 Å². The maximum atomic E-state index is 5.06. The monoisotopic (exact) mass is 194 g/mol. The van der Waals surface area contributed by atoms with Gasteiger partial charge in [0, 0.05) is 39.2 Å². The van der Waals surface area contributed by atoms with Gasteiger partial charge in [-0.25, -0.2) is 0 Å². The van der Waals surface area contributed by atoms with Crippen LogP contribution in [0.2, 0.25) is 0 Å². The molecule has 3 nitrogen and oxygen atoms in total. The first-order chi connectivity index (χ1) is 6.83. The van der Waals surface area contributed by atoms with E-state index < -0.39 is 0 Å². The first-order valence-electron chi connectivity index (χ1n) is 4.91. The number of ether oxygens (including phenoxy) is 1. The lowest BCUT2D eigenvalue weighted by Gasteiger charge is -2.11. The molecular weight excluding hydrogens is 176 g/mol. The first kappa shape index (κ1) is 11.1. The molecule has 78 valence electrons. The quantitative estimate of drug-likeness (QED) is 0.744. The lowest BCUT2D eigenvalue weighted by Crippen LogP contribution is -2.23. The highest BCUT2D eigenvalue weighted by Crippen LogP contribution is 1.97. The van der Waals surface area contributed by atoms with Crippen LogP contribution < -0.4 is 5.32 Å². The third kappa shape index (κ3) is 4.35. The summed E-state index contributed by atoms with van der Waals surface area (Å²) in [6.45, 7) is 4.86. The minimum absolute atomic E-state index is 0.557. The van der Waals surface area contributed by atoms with Crippen LogP contribution in [0.4, 0.5) is 0 Å². The fourth-order valence-corrected chi connectivity index (χ4v) is 1.31. The van der Waals surface area contributed by atoms with Crippen LogP contribution in [-0.4, -0.2) is 25.2 Å². The molecule has 1 N–H and O–H groups in total. The topological polar surface area (TPSA) is 34.1 Å². The lowest BCUT2D eigenvalue weighted by atomic mass is 10.2. The van der Waals surface area contributed by atoms with Crippen molar-refractivity contribution in [2.24, 2.45) is 5.92 Å². The molecule has 0 aliphatic carbocycles. The predicted molar refractivity (Wildman–Crippen MR) is 57.0 cm³/mol. The summed E-state index contributed by atoms with van der Waals surface area (Å²) in [5, 5.41) is 3.38. The largest absolute Gasteiger partial charge is 0.384 e. The molecule has 1 aromatic heterocycles. The van der Waals surface area contributed by atoms with E-state index in [4.69, 9.17) is 4.74 Å². The van der Waals surface area contributed by atoms with Crippen LogP contribution in [0.1, 0.15) is 12.5 Å². The Morgan fingerprint density at radius 2 is 2.14 bits per heavy atom. The average Bonchev–Trinajstić information content (AvgIpc) is 2.20. The summed E-state index contributed by atoms with van der Waals surface area (Å²) in [5.74, 6) is 0.557. The Morgan fingerprint density at radius 3 is 2.79 bits per heavy atom. The molecule has 0 aromatic carbocycles. The van der Waals surface area contributed by atoms with Gasteiger partial charge in [0.1, 0.15) is 0 Å². The van der Waals surface area contributed by atoms with Crippen molar-refractivity contribution in [3.05, 3.63) is 30.1 Å². The highest BCUT2D eigenvalue weighted by molar-refractivity contribution is 5.08. The van der Waals surface area contributed by atoms with E-state index in [-0.39, 0.29) is 0 Å². The smallest absolute Gasteiger partial charge is 0.0499 e. The molecule has 0 aliphatic rings. The van der Waals surface area contributed by atoms with Gasteiger partial charge in [0.05, 0.1) is 0 Å². The molecule has 0 bridgehead atoms. The SMILES string of the molecule is COCC(C)CNCc1ccncc1. The number of pyridine rings is 1. The molecule has 1 atom stereocenters. The van der Waals surface area contributed by atoms with Crippen molar-refractivity contribution in [3.8, 4) is 0 Å². The number of aromatic nitrogens is 1. The third-order valence-corrected chi connectivity index (χ3v) is 2.02. The fraction of sp³-hybridized carbons (Fsp3) is 0.545. The standard InChI is InChI=1S/C11H18N2O/c1-10(9-14-2)7-13-8-11-3-5-12-6-4-11/h3-6,10,13H,7-9H2,1-2H3. The number of hydrogen-bond donors (Lipinski definition) is 1. The van der Waals surface area contributed by atoms with E-state index in [9.17, 15) is 0 Å². The van der Waals surface area contributed by atoms with Crippen molar-refractivity contribution < 1.29 is 4.74 Å². The zero-order chi connectivity index (χ0) is 10.2. The second kappa shape index (κ2) is 6.51. The summed E-state index contributed by atoms with van der Waals surface area (Å²) in [4.78, 5) is 3.97. The summed E-state index contributed by atoms with van der Waals surface area (Å²) in [7, 11) is 1.74. The van der Waals surface area contributed by atoms with Crippen LogP contribution >= 0.6 is 0 Å². The minimum Gasteiger partial charge on any atom is -0.384 e. The lowest BCUT2D eigenvalue weighted by molar-refractivity contribution is 0.158. The van der Waals surface area contributed by atoms with Crippen molar-refractivity contribution in [2.45, 2.75) is 13.5 Å². The van der Waals surface area contributed by atoms with Gasteiger partial charge in [0.15, 0.2) is 0 Å². The maximum absolute atomic E-state index is 5.06. The van der Waals surface area contributed by atoms with Gasteiger partial charge in [0.2, 0.25) is 0 Å². The second-order valence-electron chi connectivity index (χ2n) is 3.55. The molecule has 3 heteroatoms. The summed E-state index contributed by atoms with van der Waals surface area (Å²) >= 11 is 0. The summed E-state index contributed by atoms with van der Waals surface area (Å²) in [5.41, 5.74) is 1.27. The molecule has 0 spiro atoms. The molecule has 1 unspecified atom stereocenters. The van der Waals surface area contributed by atoms with Gasteiger partial charge in [0.25, 0.3) is 0 Å². The molecule has 0 aliphatic heterocycles. The van der Waals surface area contributed by atoms with Crippen molar-refractivity contribution in [3.63, 3.8) is 0 Å². The minimum atomic E-state index is 0.557. The molecule has 0 amide bonds. The Labute approximate surface area is 85.5 Å². The Balaban J connectivity index is 2.16. The van der Waals surface area contributed by atoms with Crippen LogP contribution in [0.25, 0.3) is 0 Å². The highest BCUT2D eigenvalue weighted by atomic mass is 16.5. The fourth-order valence-electron chi connectivity index (χ4n) is 1.31. The number of methoxy groups -OCH3 is 1. The number of rotatable bonds is 6. The van der Waals surface area contributed by atoms with E-state index in [0.717, 1.165) is 19.7 Å². The van der Waals surface area contributed by atoms with E-state index in [2.05, 4.69) is 17.2 Å². The van der Waals surface area contributed by atoms with Crippen molar-refractivity contribution in [1.29, 1.82) is 0 Å². The summed E-state index contributed by atoms with van der Waals surface area (Å²) in [6, 6.07) is 4.04. The number of hydrogen-bond acceptors (Lipinski definition) is 3. The first-order valence-corrected chi connectivity index (χ1v) is 4.91. The van der Waals surface area contributed by atoms with Crippen LogP contribution in [-0.2, 0) is 11.3 Å². The maximum Gasteiger partial charge on any atom is 0.0499 e. The van der Waals surface area contributed by atoms with Gasteiger partial charge in [-0.2, -0.15) is 0 Å². The Morgan fingerprint density at radius 1 is 1.43 bits per heavy atom. The van der Waals surface area contributed by atoms with Crippen molar-refractivity contribution >= 4 is 0 Å². The molecule has 0 saturated heterocycles. The van der Waals surface area contributed by atoms with Crippen LogP contribution in [0, 0.1) is 5.92 Å². The molecule has 1 rings (SSSR count). The van der Waals surface area contributed by atoms with Gasteiger partial charge in [-0.3, -0.25) is 4.98 Å². The van der Waals surface area contributed by atoms with Crippen LogP contribution in [0.5, 0.6) is 0 Å². The zero-order valence-corrected chi connectivity index (χ0v) is 8.86. The molecule has 0 radical (unpaired) electrons. The normalized spacial score (nSPS) is 12.7. The van der Waals surface area contributed by atoms with E-state index in [1.807, 2.05) is 24.5 Å². The number of nitrogens with zero attached hydrogens (tertiary/aromatic N) is 1. The van der Waals surface area contributed by atoms with Crippen molar-refractivity contribution in [1.82, 2.24) is 10.3 Å². The van der Waals surface area contributed by atoms with E-state index in [1.54, 1.807) is 7.11 Å². The molecule has 1 aromatic rings. The third-order valence-electron chi connectivity index (χ3n) is 2.02. The van der Waals surface area contributed by atoms with E-state index >= 15 is 0 Å². The van der Waals surface area contributed by atoms with Gasteiger partial charge in [-0.05, 0) is 23.6 Å². The van der Waals surface area contributed by atoms with Gasteiger partial charge in [-0.15, -0.1) is 0 Å². The van der Waals surface area contributed by atoms with Crippen LogP contribution in [0.3, 0.4) is 0 Å². The summed E-state index contributed by atoms with van der Waals surface area (Å²) in [6.07, 6.45) is 3.63. The van der Waals surface area contributed by atoms with Crippen molar-refractivity contribution in [2.75, 3.05) is 20.3 Å². The second-order valence-corrected chi connectivity index (χ2v) is 3.55. The van der Waals surface area contributed by atoms with Gasteiger partial charge >= 0.3 is 0 Å². The van der Waals surface area contributed by atoms with E-state index in [1.165, 1.54) is 5.56 Å². The molecule has 1 heterocycles. The molecular formula is C11H18N2O. The Bertz CT molecular complexity index is 238. The Hall–Kier alpha value is -0.930. The predicted octanol–water partition coefficient (Wildman–Crippen LogP) is 1.45. The Kier molecular flexibility index (Phi) is 5.19. The summed E-state index contributed by atoms with van der Waals surface area (Å²) < 4.78 is 5.06. The van der Waals surface area contributed by atoms with Gasteiger partial charge in [-0.1, -0.05) is 6.92 Å². The molecule has 14 heavy (non-hydrogen) atoms. The average molecular weight is 194 g/mol.